The van der Waals surface area contributed by atoms with E-state index in [9.17, 15) is 27.6 Å². The highest BCUT2D eigenvalue weighted by Gasteiger charge is 2.22. The van der Waals surface area contributed by atoms with Crippen molar-refractivity contribution in [2.45, 2.75) is 32.6 Å². The number of anilines is 1. The lowest BCUT2D eigenvalue weighted by Gasteiger charge is -2.15. The zero-order valence-electron chi connectivity index (χ0n) is 18.1. The van der Waals surface area contributed by atoms with Crippen molar-refractivity contribution in [1.29, 1.82) is 0 Å². The summed E-state index contributed by atoms with van der Waals surface area (Å²) in [6.45, 7) is 1.96. The molecule has 0 radical (unpaired) electrons. The van der Waals surface area contributed by atoms with Crippen molar-refractivity contribution in [3.05, 3.63) is 87.5 Å². The first kappa shape index (κ1) is 24.6. The van der Waals surface area contributed by atoms with E-state index >= 15 is 0 Å². The fourth-order valence-corrected chi connectivity index (χ4v) is 3.19. The van der Waals surface area contributed by atoms with Crippen LogP contribution in [-0.4, -0.2) is 16.3 Å². The second kappa shape index (κ2) is 10.7. The van der Waals surface area contributed by atoms with Crippen LogP contribution < -0.4 is 16.2 Å². The fraction of sp³-hybridized carbons (Fsp3) is 0.208. The molecular formula is C24H21F3N2O5. The van der Waals surface area contributed by atoms with E-state index in [2.05, 4.69) is 4.89 Å². The average Bonchev–Trinajstić information content (AvgIpc) is 2.79. The average molecular weight is 474 g/mol. The highest BCUT2D eigenvalue weighted by Crippen LogP contribution is 2.27. The van der Waals surface area contributed by atoms with Crippen LogP contribution in [0.5, 0.6) is 5.75 Å². The number of nitrogen functional groups attached to an aromatic ring is 1. The number of pyridine rings is 1. The van der Waals surface area contributed by atoms with Crippen LogP contribution >= 0.6 is 0 Å². The zero-order valence-corrected chi connectivity index (χ0v) is 18.1. The van der Waals surface area contributed by atoms with Crippen LogP contribution in [0.1, 0.15) is 48.5 Å². The Balaban J connectivity index is 1.91. The van der Waals surface area contributed by atoms with Gasteiger partial charge in [-0.3, -0.25) is 23.9 Å². The van der Waals surface area contributed by atoms with E-state index in [1.165, 1.54) is 12.1 Å². The molecule has 0 atom stereocenters. The molecule has 0 fully saturated rings. The summed E-state index contributed by atoms with van der Waals surface area (Å²) in [6, 6.07) is 8.00. The Kier molecular flexibility index (Phi) is 7.72. The maximum Gasteiger partial charge on any atom is 0.355 e. The molecule has 7 nitrogen and oxygen atoms in total. The Morgan fingerprint density at radius 3 is 2.24 bits per heavy atom. The molecule has 0 aliphatic heterocycles. The van der Waals surface area contributed by atoms with E-state index in [0.29, 0.717) is 23.1 Å². The molecule has 3 rings (SSSR count). The van der Waals surface area contributed by atoms with Gasteiger partial charge in [-0.2, -0.15) is 0 Å². The third kappa shape index (κ3) is 5.45. The first-order valence-electron chi connectivity index (χ1n) is 10.4. The standard InChI is InChI=1S/C24H21F3N2O5/c1-2-3-4-5-21(31)34-33-16-12-18(26)22(19(27)13-16)29-20(30)11-10-17(24(29)28)23(32)14-6-8-15(25)9-7-14/h6-13H,2-5,28H2,1H3. The largest absolute Gasteiger partial charge is 0.384 e. The fourth-order valence-electron chi connectivity index (χ4n) is 3.19. The number of aromatic nitrogens is 1. The van der Waals surface area contributed by atoms with Crippen molar-refractivity contribution in [3.63, 3.8) is 0 Å². The van der Waals surface area contributed by atoms with Crippen LogP contribution in [0, 0.1) is 17.5 Å². The smallest absolute Gasteiger partial charge is 0.355 e. The summed E-state index contributed by atoms with van der Waals surface area (Å²) < 4.78 is 43.3. The van der Waals surface area contributed by atoms with Gasteiger partial charge in [0.25, 0.3) is 5.56 Å². The summed E-state index contributed by atoms with van der Waals surface area (Å²) in [5, 5.41) is 0. The number of carbonyl (C=O) groups is 2. The van der Waals surface area contributed by atoms with Crippen molar-refractivity contribution in [2.75, 3.05) is 5.73 Å². The summed E-state index contributed by atoms with van der Waals surface area (Å²) >= 11 is 0. The summed E-state index contributed by atoms with van der Waals surface area (Å²) in [5.41, 5.74) is 4.04. The summed E-state index contributed by atoms with van der Waals surface area (Å²) in [7, 11) is 0. The Hall–Kier alpha value is -4.08. The Labute approximate surface area is 192 Å². The minimum atomic E-state index is -1.25. The molecule has 0 amide bonds. The van der Waals surface area contributed by atoms with Gasteiger partial charge in [-0.1, -0.05) is 19.8 Å². The first-order valence-corrected chi connectivity index (χ1v) is 10.4. The summed E-state index contributed by atoms with van der Waals surface area (Å²) in [5.74, 6) is -5.42. The number of nitrogens with zero attached hydrogens (tertiary/aromatic N) is 1. The van der Waals surface area contributed by atoms with E-state index in [0.717, 1.165) is 37.1 Å². The molecule has 10 heteroatoms. The number of hydrogen-bond donors (Lipinski definition) is 1. The molecular weight excluding hydrogens is 453 g/mol. The van der Waals surface area contributed by atoms with Crippen LogP contribution in [0.25, 0.3) is 5.69 Å². The number of rotatable bonds is 9. The van der Waals surface area contributed by atoms with Crippen LogP contribution in [0.2, 0.25) is 0 Å². The lowest BCUT2D eigenvalue weighted by molar-refractivity contribution is -0.214. The normalized spacial score (nSPS) is 10.7. The number of benzene rings is 2. The van der Waals surface area contributed by atoms with E-state index in [-0.39, 0.29) is 17.5 Å². The SMILES string of the molecule is CCCCCC(=O)OOc1cc(F)c(-n2c(N)c(C(=O)c3ccc(F)cc3)ccc2=O)c(F)c1. The van der Waals surface area contributed by atoms with E-state index in [4.69, 9.17) is 10.6 Å². The molecule has 34 heavy (non-hydrogen) atoms. The van der Waals surface area contributed by atoms with Crippen LogP contribution in [0.4, 0.5) is 19.0 Å². The van der Waals surface area contributed by atoms with Crippen molar-refractivity contribution in [3.8, 4) is 11.4 Å². The van der Waals surface area contributed by atoms with Crippen LogP contribution in [0.3, 0.4) is 0 Å². The minimum Gasteiger partial charge on any atom is -0.384 e. The van der Waals surface area contributed by atoms with Gasteiger partial charge in [0.05, 0.1) is 12.0 Å². The topological polar surface area (TPSA) is 101 Å². The van der Waals surface area contributed by atoms with Crippen LogP contribution in [-0.2, 0) is 9.68 Å². The van der Waals surface area contributed by atoms with Gasteiger partial charge in [-0.15, -0.1) is 0 Å². The van der Waals surface area contributed by atoms with Gasteiger partial charge in [0.2, 0.25) is 0 Å². The van der Waals surface area contributed by atoms with E-state index in [1.54, 1.807) is 0 Å². The van der Waals surface area contributed by atoms with E-state index in [1.807, 2.05) is 6.92 Å². The van der Waals surface area contributed by atoms with Gasteiger partial charge in [0.1, 0.15) is 17.3 Å². The zero-order chi connectivity index (χ0) is 24.8. The molecule has 1 heterocycles. The van der Waals surface area contributed by atoms with Crippen molar-refractivity contribution in [2.24, 2.45) is 0 Å². The second-order valence-electron chi connectivity index (χ2n) is 7.37. The van der Waals surface area contributed by atoms with Crippen molar-refractivity contribution in [1.82, 2.24) is 4.57 Å². The Morgan fingerprint density at radius 1 is 0.971 bits per heavy atom. The summed E-state index contributed by atoms with van der Waals surface area (Å²) in [6.07, 6.45) is 2.37. The van der Waals surface area contributed by atoms with Gasteiger partial charge in [0.15, 0.2) is 23.2 Å². The Bertz CT molecular complexity index is 1250. The van der Waals surface area contributed by atoms with Crippen molar-refractivity contribution >= 4 is 17.6 Å². The predicted molar refractivity (Wildman–Crippen MR) is 117 cm³/mol. The number of hydrogen-bond acceptors (Lipinski definition) is 6. The first-order chi connectivity index (χ1) is 16.2. The molecule has 0 saturated carbocycles. The molecule has 0 bridgehead atoms. The monoisotopic (exact) mass is 474 g/mol. The third-order valence-electron chi connectivity index (χ3n) is 4.91. The molecule has 2 N–H and O–H groups in total. The van der Waals surface area contributed by atoms with Gasteiger partial charge >= 0.3 is 5.97 Å². The van der Waals surface area contributed by atoms with Crippen LogP contribution in [0.15, 0.2) is 53.3 Å². The Morgan fingerprint density at radius 2 is 1.62 bits per heavy atom. The second-order valence-corrected chi connectivity index (χ2v) is 7.37. The maximum absolute atomic E-state index is 14.8. The lowest BCUT2D eigenvalue weighted by atomic mass is 10.0. The quantitative estimate of drug-likeness (QED) is 0.212. The molecule has 0 unspecified atom stereocenters. The van der Waals surface area contributed by atoms with Gasteiger partial charge in [-0.25, -0.2) is 18.0 Å². The molecule has 3 aromatic rings. The van der Waals surface area contributed by atoms with Gasteiger partial charge in [-0.05, 0) is 36.8 Å². The number of unbranched alkanes of at least 4 members (excludes halogenated alkanes) is 2. The number of ketones is 1. The molecule has 0 aliphatic carbocycles. The highest BCUT2D eigenvalue weighted by atomic mass is 19.1. The molecule has 1 aromatic heterocycles. The summed E-state index contributed by atoms with van der Waals surface area (Å²) in [4.78, 5) is 46.1. The highest BCUT2D eigenvalue weighted by molar-refractivity contribution is 6.11. The molecule has 0 saturated heterocycles. The maximum atomic E-state index is 14.8. The molecule has 0 aliphatic rings. The van der Waals surface area contributed by atoms with Crippen molar-refractivity contribution < 1.29 is 32.5 Å². The molecule has 0 spiro atoms. The van der Waals surface area contributed by atoms with Gasteiger partial charge < -0.3 is 5.73 Å². The predicted octanol–water partition coefficient (Wildman–Crippen LogP) is 4.49. The minimum absolute atomic E-state index is 0.0590. The molecule has 2 aromatic carbocycles. The molecule has 178 valence electrons. The number of nitrogens with two attached hydrogens (primary N) is 1. The third-order valence-corrected chi connectivity index (χ3v) is 4.91. The lowest BCUT2D eigenvalue weighted by Crippen LogP contribution is -2.25. The number of carbonyl (C=O) groups excluding carboxylic acids is 2. The van der Waals surface area contributed by atoms with E-state index < -0.39 is 52.0 Å². The van der Waals surface area contributed by atoms with Gasteiger partial charge in [0, 0.05) is 23.8 Å². The number of halogens is 3.